The molecule has 2 atom stereocenters. The van der Waals surface area contributed by atoms with Crippen molar-refractivity contribution in [1.29, 1.82) is 0 Å². The second-order valence-electron chi connectivity index (χ2n) is 11.5. The van der Waals surface area contributed by atoms with Gasteiger partial charge in [-0.15, -0.1) is 0 Å². The Morgan fingerprint density at radius 1 is 0.850 bits per heavy atom. The fraction of sp³-hybridized carbons (Fsp3) is 0.441. The van der Waals surface area contributed by atoms with E-state index in [9.17, 15) is 4.79 Å². The number of anilines is 1. The Kier molecular flexibility index (Phi) is 8.65. The van der Waals surface area contributed by atoms with E-state index in [1.165, 1.54) is 24.8 Å². The predicted octanol–water partition coefficient (Wildman–Crippen LogP) is 5.65. The topological polar surface area (TPSA) is 48.1 Å². The van der Waals surface area contributed by atoms with E-state index in [2.05, 4.69) is 74.6 Å². The largest absolute Gasteiger partial charge is 0.491 e. The van der Waals surface area contributed by atoms with E-state index >= 15 is 0 Å². The van der Waals surface area contributed by atoms with E-state index in [0.29, 0.717) is 43.1 Å². The van der Waals surface area contributed by atoms with E-state index in [1.807, 2.05) is 24.3 Å². The number of benzene rings is 3. The molecule has 3 heterocycles. The van der Waals surface area contributed by atoms with E-state index < -0.39 is 0 Å². The Hall–Kier alpha value is -3.35. The van der Waals surface area contributed by atoms with Gasteiger partial charge in [0.25, 0.3) is 5.91 Å². The predicted molar refractivity (Wildman–Crippen MR) is 161 cm³/mol. The third-order valence-electron chi connectivity index (χ3n) is 8.85. The van der Waals surface area contributed by atoms with Crippen LogP contribution in [0.2, 0.25) is 0 Å². The number of carbonyl (C=O) groups is 1. The van der Waals surface area contributed by atoms with Crippen molar-refractivity contribution in [2.75, 3.05) is 44.6 Å². The highest BCUT2D eigenvalue weighted by Gasteiger charge is 2.36. The van der Waals surface area contributed by atoms with Gasteiger partial charge in [0.15, 0.2) is 0 Å². The van der Waals surface area contributed by atoms with Gasteiger partial charge in [-0.2, -0.15) is 0 Å². The molecule has 0 aliphatic carbocycles. The van der Waals surface area contributed by atoms with Gasteiger partial charge in [-0.1, -0.05) is 60.7 Å². The Labute approximate surface area is 238 Å². The Morgan fingerprint density at radius 2 is 1.60 bits per heavy atom. The van der Waals surface area contributed by atoms with Crippen molar-refractivity contribution >= 4 is 11.6 Å². The summed E-state index contributed by atoms with van der Waals surface area (Å²) in [4.78, 5) is 21.5. The molecule has 3 aromatic carbocycles. The average molecular weight is 539 g/mol. The summed E-state index contributed by atoms with van der Waals surface area (Å²) in [5.41, 5.74) is 4.28. The summed E-state index contributed by atoms with van der Waals surface area (Å²) in [6.45, 7) is 6.93. The molecular formula is C34H42N4O2. The average Bonchev–Trinajstić information content (AvgIpc) is 3.63. The van der Waals surface area contributed by atoms with Crippen molar-refractivity contribution in [3.8, 4) is 5.75 Å². The molecule has 0 spiro atoms. The molecule has 0 saturated carbocycles. The first-order valence-corrected chi connectivity index (χ1v) is 15.1. The van der Waals surface area contributed by atoms with Crippen molar-refractivity contribution in [3.05, 3.63) is 95.6 Å². The molecule has 40 heavy (non-hydrogen) atoms. The van der Waals surface area contributed by atoms with E-state index in [4.69, 9.17) is 4.74 Å². The third kappa shape index (κ3) is 6.34. The van der Waals surface area contributed by atoms with Gasteiger partial charge < -0.3 is 15.0 Å². The molecule has 2 fully saturated rings. The van der Waals surface area contributed by atoms with Crippen LogP contribution < -0.4 is 10.1 Å². The molecule has 3 aliphatic heterocycles. The number of rotatable bonds is 7. The maximum Gasteiger partial charge on any atom is 0.257 e. The molecule has 0 radical (unpaired) electrons. The molecule has 6 nitrogen and oxygen atoms in total. The number of amides is 1. The molecule has 1 amide bonds. The third-order valence-corrected chi connectivity index (χ3v) is 8.85. The van der Waals surface area contributed by atoms with E-state index in [-0.39, 0.29) is 5.91 Å². The van der Waals surface area contributed by atoms with E-state index in [0.717, 1.165) is 56.8 Å². The summed E-state index contributed by atoms with van der Waals surface area (Å²) in [6.07, 6.45) is 5.91. The van der Waals surface area contributed by atoms with Gasteiger partial charge in [-0.05, 0) is 74.5 Å². The number of fused-ring (bicyclic) bond motifs is 3. The van der Waals surface area contributed by atoms with Crippen LogP contribution in [0.1, 0.15) is 53.6 Å². The number of carbonyl (C=O) groups excluding carboxylic acids is 1. The molecule has 3 aromatic rings. The summed E-state index contributed by atoms with van der Waals surface area (Å²) in [7, 11) is 0. The van der Waals surface area contributed by atoms with Gasteiger partial charge in [0, 0.05) is 50.5 Å². The van der Waals surface area contributed by atoms with Crippen LogP contribution in [0.3, 0.4) is 0 Å². The van der Waals surface area contributed by atoms with Crippen LogP contribution in [-0.4, -0.2) is 72.0 Å². The molecule has 6 rings (SSSR count). The smallest absolute Gasteiger partial charge is 0.257 e. The number of nitrogens with zero attached hydrogens (tertiary/aromatic N) is 3. The van der Waals surface area contributed by atoms with Crippen LogP contribution in [0.25, 0.3) is 0 Å². The molecular weight excluding hydrogens is 496 g/mol. The molecule has 0 aromatic heterocycles. The quantitative estimate of drug-likeness (QED) is 0.421. The number of nitrogens with one attached hydrogen (secondary N) is 1. The first-order valence-electron chi connectivity index (χ1n) is 15.1. The van der Waals surface area contributed by atoms with Gasteiger partial charge in [0.1, 0.15) is 12.4 Å². The van der Waals surface area contributed by atoms with Crippen LogP contribution in [0.4, 0.5) is 5.69 Å². The highest BCUT2D eigenvalue weighted by Crippen LogP contribution is 2.32. The zero-order valence-corrected chi connectivity index (χ0v) is 23.5. The Morgan fingerprint density at radius 3 is 2.48 bits per heavy atom. The molecule has 2 bridgehead atoms. The molecule has 2 saturated heterocycles. The number of hydrogen-bond acceptors (Lipinski definition) is 5. The lowest BCUT2D eigenvalue weighted by Gasteiger charge is -2.34. The summed E-state index contributed by atoms with van der Waals surface area (Å²) >= 11 is 0. The lowest BCUT2D eigenvalue weighted by Crippen LogP contribution is -2.45. The van der Waals surface area contributed by atoms with Gasteiger partial charge in [-0.3, -0.25) is 14.6 Å². The van der Waals surface area contributed by atoms with Crippen LogP contribution in [0, 0.1) is 0 Å². The minimum atomic E-state index is 0.0499. The van der Waals surface area contributed by atoms with Gasteiger partial charge in [-0.25, -0.2) is 0 Å². The highest BCUT2D eigenvalue weighted by molar-refractivity contribution is 5.97. The fourth-order valence-corrected chi connectivity index (χ4v) is 6.69. The Bertz CT molecular complexity index is 1260. The number of ether oxygens (including phenoxy) is 1. The van der Waals surface area contributed by atoms with Crippen LogP contribution >= 0.6 is 0 Å². The van der Waals surface area contributed by atoms with Crippen LogP contribution in [0.5, 0.6) is 5.75 Å². The molecule has 1 N–H and O–H groups in total. The number of hydrogen-bond donors (Lipinski definition) is 1. The Balaban J connectivity index is 1.26. The van der Waals surface area contributed by atoms with Crippen molar-refractivity contribution in [2.24, 2.45) is 0 Å². The highest BCUT2D eigenvalue weighted by atomic mass is 16.5. The second kappa shape index (κ2) is 12.9. The molecule has 0 unspecified atom stereocenters. The van der Waals surface area contributed by atoms with Crippen molar-refractivity contribution < 1.29 is 9.53 Å². The van der Waals surface area contributed by atoms with Crippen molar-refractivity contribution in [2.45, 2.75) is 57.3 Å². The minimum absolute atomic E-state index is 0.0499. The summed E-state index contributed by atoms with van der Waals surface area (Å²) in [5, 5.41) is 3.70. The lowest BCUT2D eigenvalue weighted by molar-refractivity contribution is 0.0658. The van der Waals surface area contributed by atoms with Crippen LogP contribution in [0.15, 0.2) is 78.9 Å². The van der Waals surface area contributed by atoms with Gasteiger partial charge >= 0.3 is 0 Å². The first kappa shape index (κ1) is 26.9. The molecule has 6 heteroatoms. The maximum atomic E-state index is 14.3. The van der Waals surface area contributed by atoms with Gasteiger partial charge in [0.2, 0.25) is 0 Å². The first-order chi connectivity index (χ1) is 19.7. The van der Waals surface area contributed by atoms with Crippen molar-refractivity contribution in [1.82, 2.24) is 14.7 Å². The summed E-state index contributed by atoms with van der Waals surface area (Å²) in [6, 6.07) is 27.8. The standard InChI is InChI=1S/C34H42N4O2/c39-34(31-13-5-7-15-33(31)40-23-22-36-20-8-9-21-36)37-25-28-12-4-6-14-32(28)35-19-18-29-16-17-30(26-37)38(29)24-27-10-2-1-3-11-27/h1-7,10-15,29-30,35H,8-9,16-26H2/t29-,30+/m0/s1. The number of para-hydroxylation sites is 2. The lowest BCUT2D eigenvalue weighted by atomic mass is 10.1. The number of likely N-dealkylation sites (tertiary alicyclic amines) is 1. The maximum absolute atomic E-state index is 14.3. The summed E-state index contributed by atoms with van der Waals surface area (Å²) < 4.78 is 6.25. The SMILES string of the molecule is O=C(c1ccccc1OCCN1CCCC1)N1Cc2ccccc2NCC[C@@H]2CC[C@H](C1)N2Cc1ccccc1. The monoisotopic (exact) mass is 538 g/mol. The minimum Gasteiger partial charge on any atom is -0.491 e. The zero-order chi connectivity index (χ0) is 27.1. The zero-order valence-electron chi connectivity index (χ0n) is 23.5. The van der Waals surface area contributed by atoms with Crippen LogP contribution in [-0.2, 0) is 13.1 Å². The van der Waals surface area contributed by atoms with Gasteiger partial charge in [0.05, 0.1) is 5.56 Å². The second-order valence-corrected chi connectivity index (χ2v) is 11.5. The summed E-state index contributed by atoms with van der Waals surface area (Å²) in [5.74, 6) is 0.742. The van der Waals surface area contributed by atoms with E-state index in [1.54, 1.807) is 0 Å². The normalized spacial score (nSPS) is 21.9. The molecule has 3 aliphatic rings. The molecule has 210 valence electrons. The fourth-order valence-electron chi connectivity index (χ4n) is 6.69. The van der Waals surface area contributed by atoms with Crippen molar-refractivity contribution in [3.63, 3.8) is 0 Å².